The number of nitrogens with two attached hydrogens (primary N) is 1. The first-order valence-corrected chi connectivity index (χ1v) is 7.39. The maximum absolute atomic E-state index is 6.57. The molecule has 2 atom stereocenters. The van der Waals surface area contributed by atoms with Gasteiger partial charge in [0.15, 0.2) is 0 Å². The van der Waals surface area contributed by atoms with Gasteiger partial charge in [0, 0.05) is 6.04 Å². The van der Waals surface area contributed by atoms with Crippen molar-refractivity contribution in [3.63, 3.8) is 0 Å². The highest BCUT2D eigenvalue weighted by atomic mass is 14.7. The zero-order valence-electron chi connectivity index (χ0n) is 12.1. The standard InChI is InChI=1S/C17H27N/c1-4-13-8-7-9-14(12-13)16(18)15-10-5-6-11-17(15,2)3/h7-9,12,15-16H,4-6,10-11,18H2,1-3H3. The van der Waals surface area contributed by atoms with Crippen LogP contribution in [0.5, 0.6) is 0 Å². The second kappa shape index (κ2) is 5.44. The first kappa shape index (κ1) is 13.6. The lowest BCUT2D eigenvalue weighted by molar-refractivity contribution is 0.112. The number of aryl methyl sites for hydroxylation is 1. The van der Waals surface area contributed by atoms with Gasteiger partial charge in [-0.1, -0.05) is 57.9 Å². The molecule has 1 fully saturated rings. The van der Waals surface area contributed by atoms with Gasteiger partial charge in [-0.05, 0) is 41.7 Å². The van der Waals surface area contributed by atoms with Crippen LogP contribution in [0.2, 0.25) is 0 Å². The van der Waals surface area contributed by atoms with Crippen molar-refractivity contribution in [3.05, 3.63) is 35.4 Å². The van der Waals surface area contributed by atoms with E-state index < -0.39 is 0 Å². The minimum atomic E-state index is 0.201. The van der Waals surface area contributed by atoms with E-state index in [4.69, 9.17) is 5.73 Å². The van der Waals surface area contributed by atoms with Crippen LogP contribution in [0, 0.1) is 11.3 Å². The molecule has 1 heteroatoms. The van der Waals surface area contributed by atoms with Crippen LogP contribution in [-0.4, -0.2) is 0 Å². The van der Waals surface area contributed by atoms with E-state index in [0.717, 1.165) is 6.42 Å². The van der Waals surface area contributed by atoms with Gasteiger partial charge in [-0.15, -0.1) is 0 Å². The van der Waals surface area contributed by atoms with Crippen molar-refractivity contribution >= 4 is 0 Å². The average Bonchev–Trinajstić information content (AvgIpc) is 2.37. The van der Waals surface area contributed by atoms with Gasteiger partial charge in [0.05, 0.1) is 0 Å². The van der Waals surface area contributed by atoms with Crippen LogP contribution >= 0.6 is 0 Å². The number of hydrogen-bond donors (Lipinski definition) is 1. The highest BCUT2D eigenvalue weighted by Gasteiger charge is 2.36. The van der Waals surface area contributed by atoms with E-state index in [1.54, 1.807) is 0 Å². The minimum Gasteiger partial charge on any atom is -0.324 e. The summed E-state index contributed by atoms with van der Waals surface area (Å²) in [7, 11) is 0. The summed E-state index contributed by atoms with van der Waals surface area (Å²) < 4.78 is 0. The largest absolute Gasteiger partial charge is 0.324 e. The Morgan fingerprint density at radius 3 is 2.78 bits per heavy atom. The molecule has 0 amide bonds. The monoisotopic (exact) mass is 245 g/mol. The van der Waals surface area contributed by atoms with Gasteiger partial charge in [-0.2, -0.15) is 0 Å². The molecule has 0 bridgehead atoms. The molecule has 0 aromatic heterocycles. The van der Waals surface area contributed by atoms with Gasteiger partial charge >= 0.3 is 0 Å². The predicted molar refractivity (Wildman–Crippen MR) is 78.5 cm³/mol. The third-order valence-electron chi connectivity index (χ3n) is 4.77. The molecule has 0 aliphatic heterocycles. The number of rotatable bonds is 3. The van der Waals surface area contributed by atoms with Crippen molar-refractivity contribution in [2.75, 3.05) is 0 Å². The zero-order valence-corrected chi connectivity index (χ0v) is 12.1. The summed E-state index contributed by atoms with van der Waals surface area (Å²) in [6.45, 7) is 6.98. The van der Waals surface area contributed by atoms with Gasteiger partial charge in [0.2, 0.25) is 0 Å². The lowest BCUT2D eigenvalue weighted by Crippen LogP contribution is -2.36. The first-order valence-electron chi connectivity index (χ1n) is 7.39. The third kappa shape index (κ3) is 2.77. The second-order valence-corrected chi connectivity index (χ2v) is 6.47. The molecule has 2 rings (SSSR count). The minimum absolute atomic E-state index is 0.201. The van der Waals surface area contributed by atoms with Crippen molar-refractivity contribution in [3.8, 4) is 0 Å². The molecular weight excluding hydrogens is 218 g/mol. The Hall–Kier alpha value is -0.820. The Bertz CT molecular complexity index is 394. The molecule has 1 aromatic rings. The zero-order chi connectivity index (χ0) is 13.2. The summed E-state index contributed by atoms with van der Waals surface area (Å²) in [6, 6.07) is 9.06. The van der Waals surface area contributed by atoms with E-state index in [1.165, 1.54) is 36.8 Å². The Balaban J connectivity index is 2.21. The van der Waals surface area contributed by atoms with Crippen molar-refractivity contribution < 1.29 is 0 Å². The van der Waals surface area contributed by atoms with Crippen LogP contribution < -0.4 is 5.73 Å². The predicted octanol–water partition coefficient (Wildman–Crippen LogP) is 4.47. The fraction of sp³-hybridized carbons (Fsp3) is 0.647. The van der Waals surface area contributed by atoms with Crippen LogP contribution in [0.4, 0.5) is 0 Å². The second-order valence-electron chi connectivity index (χ2n) is 6.47. The van der Waals surface area contributed by atoms with Gasteiger partial charge in [0.1, 0.15) is 0 Å². The van der Waals surface area contributed by atoms with Crippen LogP contribution in [0.15, 0.2) is 24.3 Å². The van der Waals surface area contributed by atoms with Crippen molar-refractivity contribution in [2.45, 2.75) is 58.9 Å². The molecule has 0 saturated heterocycles. The highest BCUT2D eigenvalue weighted by Crippen LogP contribution is 2.45. The molecular formula is C17H27N. The maximum atomic E-state index is 6.57. The molecule has 100 valence electrons. The Morgan fingerprint density at radius 1 is 1.33 bits per heavy atom. The van der Waals surface area contributed by atoms with Crippen molar-refractivity contribution in [2.24, 2.45) is 17.1 Å². The summed E-state index contributed by atoms with van der Waals surface area (Å²) in [4.78, 5) is 0. The summed E-state index contributed by atoms with van der Waals surface area (Å²) in [6.07, 6.45) is 6.40. The van der Waals surface area contributed by atoms with E-state index in [9.17, 15) is 0 Å². The Labute approximate surface area is 112 Å². The van der Waals surface area contributed by atoms with Gasteiger partial charge in [-0.3, -0.25) is 0 Å². The van der Waals surface area contributed by atoms with Crippen molar-refractivity contribution in [1.29, 1.82) is 0 Å². The average molecular weight is 245 g/mol. The fourth-order valence-electron chi connectivity index (χ4n) is 3.44. The molecule has 2 N–H and O–H groups in total. The molecule has 0 radical (unpaired) electrons. The maximum Gasteiger partial charge on any atom is 0.0328 e. The summed E-state index contributed by atoms with van der Waals surface area (Å²) in [5, 5.41) is 0. The van der Waals surface area contributed by atoms with Gasteiger partial charge < -0.3 is 5.73 Å². The molecule has 18 heavy (non-hydrogen) atoms. The molecule has 0 spiro atoms. The molecule has 0 heterocycles. The van der Waals surface area contributed by atoms with Crippen LogP contribution in [0.25, 0.3) is 0 Å². The Morgan fingerprint density at radius 2 is 2.11 bits per heavy atom. The lowest BCUT2D eigenvalue weighted by Gasteiger charge is -2.42. The van der Waals surface area contributed by atoms with Crippen LogP contribution in [0.3, 0.4) is 0 Å². The van der Waals surface area contributed by atoms with E-state index in [2.05, 4.69) is 45.0 Å². The quantitative estimate of drug-likeness (QED) is 0.835. The summed E-state index contributed by atoms with van der Waals surface area (Å²) in [5.41, 5.74) is 9.69. The van der Waals surface area contributed by atoms with Crippen molar-refractivity contribution in [1.82, 2.24) is 0 Å². The molecule has 1 saturated carbocycles. The molecule has 1 aromatic carbocycles. The molecule has 1 aliphatic rings. The topological polar surface area (TPSA) is 26.0 Å². The number of benzene rings is 1. The van der Waals surface area contributed by atoms with E-state index >= 15 is 0 Å². The summed E-state index contributed by atoms with van der Waals surface area (Å²) >= 11 is 0. The van der Waals surface area contributed by atoms with E-state index in [-0.39, 0.29) is 6.04 Å². The van der Waals surface area contributed by atoms with Gasteiger partial charge in [-0.25, -0.2) is 0 Å². The Kier molecular flexibility index (Phi) is 4.11. The summed E-state index contributed by atoms with van der Waals surface area (Å²) in [5.74, 6) is 0.623. The van der Waals surface area contributed by atoms with E-state index in [0.29, 0.717) is 11.3 Å². The smallest absolute Gasteiger partial charge is 0.0328 e. The highest BCUT2D eigenvalue weighted by molar-refractivity contribution is 5.26. The van der Waals surface area contributed by atoms with Crippen LogP contribution in [-0.2, 0) is 6.42 Å². The molecule has 1 nitrogen and oxygen atoms in total. The third-order valence-corrected chi connectivity index (χ3v) is 4.77. The molecule has 2 unspecified atom stereocenters. The lowest BCUT2D eigenvalue weighted by atomic mass is 9.65. The van der Waals surface area contributed by atoms with Crippen LogP contribution in [0.1, 0.15) is 63.6 Å². The molecule has 1 aliphatic carbocycles. The normalized spacial score (nSPS) is 24.8. The number of hydrogen-bond acceptors (Lipinski definition) is 1. The first-order chi connectivity index (χ1) is 8.54. The SMILES string of the molecule is CCc1cccc(C(N)C2CCCCC2(C)C)c1. The fourth-order valence-corrected chi connectivity index (χ4v) is 3.44. The van der Waals surface area contributed by atoms with Gasteiger partial charge in [0.25, 0.3) is 0 Å². The van der Waals surface area contributed by atoms with E-state index in [1.807, 2.05) is 0 Å².